The number of aryl methyl sites for hydroxylation is 1. The molecule has 0 saturated heterocycles. The van der Waals surface area contributed by atoms with Gasteiger partial charge in [-0.1, -0.05) is 24.3 Å². The Bertz CT molecular complexity index is 988. The first kappa shape index (κ1) is 17.3. The molecule has 0 atom stereocenters. The van der Waals surface area contributed by atoms with E-state index in [-0.39, 0.29) is 0 Å². The first-order chi connectivity index (χ1) is 12.0. The van der Waals surface area contributed by atoms with Gasteiger partial charge in [0.15, 0.2) is 4.80 Å². The second-order valence-electron chi connectivity index (χ2n) is 5.38. The standard InChI is InChI=1S/C18H16F2N2O2S/c1-3-9-22-14-10-11(24-2)7-8-15(14)25-18(22)21-17(23)16-12(19)5-4-6-13(16)20/h4-8,10H,3,9H2,1-2H3. The normalized spacial score (nSPS) is 11.9. The Morgan fingerprint density at radius 2 is 1.96 bits per heavy atom. The lowest BCUT2D eigenvalue weighted by Crippen LogP contribution is -2.17. The van der Waals surface area contributed by atoms with E-state index in [0.29, 0.717) is 17.1 Å². The summed E-state index contributed by atoms with van der Waals surface area (Å²) in [7, 11) is 1.58. The summed E-state index contributed by atoms with van der Waals surface area (Å²) >= 11 is 1.29. The molecule has 130 valence electrons. The van der Waals surface area contributed by atoms with Gasteiger partial charge in [-0.15, -0.1) is 0 Å². The summed E-state index contributed by atoms with van der Waals surface area (Å²) in [6.45, 7) is 2.62. The van der Waals surface area contributed by atoms with Crippen LogP contribution in [0.3, 0.4) is 0 Å². The molecule has 0 aliphatic heterocycles. The number of aromatic nitrogens is 1. The number of carbonyl (C=O) groups is 1. The molecule has 0 radical (unpaired) electrons. The van der Waals surface area contributed by atoms with Crippen LogP contribution < -0.4 is 9.54 Å². The third-order valence-corrected chi connectivity index (χ3v) is 4.77. The highest BCUT2D eigenvalue weighted by molar-refractivity contribution is 7.16. The molecule has 0 spiro atoms. The number of methoxy groups -OCH3 is 1. The van der Waals surface area contributed by atoms with E-state index in [1.54, 1.807) is 7.11 Å². The minimum atomic E-state index is -0.932. The van der Waals surface area contributed by atoms with Crippen molar-refractivity contribution < 1.29 is 18.3 Å². The zero-order valence-electron chi connectivity index (χ0n) is 13.8. The van der Waals surface area contributed by atoms with E-state index in [4.69, 9.17) is 4.74 Å². The highest BCUT2D eigenvalue weighted by atomic mass is 32.1. The van der Waals surface area contributed by atoms with E-state index in [1.165, 1.54) is 17.4 Å². The molecule has 0 saturated carbocycles. The molecule has 0 unspecified atom stereocenters. The van der Waals surface area contributed by atoms with Crippen molar-refractivity contribution in [1.29, 1.82) is 0 Å². The average molecular weight is 362 g/mol. The van der Waals surface area contributed by atoms with Gasteiger partial charge < -0.3 is 9.30 Å². The zero-order valence-corrected chi connectivity index (χ0v) is 14.6. The number of nitrogens with zero attached hydrogens (tertiary/aromatic N) is 2. The summed E-state index contributed by atoms with van der Waals surface area (Å²) in [6.07, 6.45) is 0.818. The molecule has 1 aromatic heterocycles. The lowest BCUT2D eigenvalue weighted by atomic mass is 10.2. The summed E-state index contributed by atoms with van der Waals surface area (Å²) < 4.78 is 35.6. The van der Waals surface area contributed by atoms with Gasteiger partial charge >= 0.3 is 0 Å². The van der Waals surface area contributed by atoms with Crippen LogP contribution in [0.15, 0.2) is 41.4 Å². The molecule has 1 amide bonds. The van der Waals surface area contributed by atoms with Crippen molar-refractivity contribution in [3.05, 3.63) is 58.4 Å². The summed E-state index contributed by atoms with van der Waals surface area (Å²) in [5.41, 5.74) is 0.229. The smallest absolute Gasteiger partial charge is 0.285 e. The molecule has 25 heavy (non-hydrogen) atoms. The lowest BCUT2D eigenvalue weighted by molar-refractivity contribution is 0.0990. The van der Waals surface area contributed by atoms with Gasteiger partial charge in [-0.25, -0.2) is 8.78 Å². The number of benzene rings is 2. The first-order valence-electron chi connectivity index (χ1n) is 7.75. The van der Waals surface area contributed by atoms with Crippen molar-refractivity contribution in [3.8, 4) is 5.75 Å². The number of hydrogen-bond donors (Lipinski definition) is 0. The molecule has 2 aromatic carbocycles. The van der Waals surface area contributed by atoms with Crippen LogP contribution in [0.5, 0.6) is 5.75 Å². The van der Waals surface area contributed by atoms with Crippen molar-refractivity contribution in [2.75, 3.05) is 7.11 Å². The topological polar surface area (TPSA) is 43.6 Å². The molecule has 0 bridgehead atoms. The minimum Gasteiger partial charge on any atom is -0.497 e. The fraction of sp³-hybridized carbons (Fsp3) is 0.222. The second kappa shape index (κ2) is 7.14. The zero-order chi connectivity index (χ0) is 18.0. The maximum atomic E-state index is 13.8. The van der Waals surface area contributed by atoms with Gasteiger partial charge in [0, 0.05) is 12.6 Å². The van der Waals surface area contributed by atoms with E-state index in [9.17, 15) is 13.6 Å². The molecule has 3 aromatic rings. The van der Waals surface area contributed by atoms with Crippen LogP contribution in [0.2, 0.25) is 0 Å². The van der Waals surface area contributed by atoms with Crippen molar-refractivity contribution in [1.82, 2.24) is 4.57 Å². The molecule has 0 fully saturated rings. The Morgan fingerprint density at radius 1 is 1.24 bits per heavy atom. The van der Waals surface area contributed by atoms with Gasteiger partial charge in [0.1, 0.15) is 22.9 Å². The van der Waals surface area contributed by atoms with Gasteiger partial charge in [0.25, 0.3) is 5.91 Å². The number of halogens is 2. The van der Waals surface area contributed by atoms with Crippen LogP contribution in [0.1, 0.15) is 23.7 Å². The Kier molecular flexibility index (Phi) is 4.94. The van der Waals surface area contributed by atoms with E-state index in [2.05, 4.69) is 4.99 Å². The van der Waals surface area contributed by atoms with Crippen LogP contribution in [0, 0.1) is 11.6 Å². The van der Waals surface area contributed by atoms with Gasteiger partial charge in [-0.05, 0) is 30.7 Å². The summed E-state index contributed by atoms with van der Waals surface area (Å²) in [6, 6.07) is 8.85. The van der Waals surface area contributed by atoms with Gasteiger partial charge in [0.2, 0.25) is 0 Å². The summed E-state index contributed by atoms with van der Waals surface area (Å²) in [4.78, 5) is 16.7. The Balaban J connectivity index is 2.18. The Labute approximate surface area is 147 Å². The number of hydrogen-bond acceptors (Lipinski definition) is 3. The molecule has 3 rings (SSSR count). The molecule has 0 N–H and O–H groups in total. The van der Waals surface area contributed by atoms with Crippen molar-refractivity contribution in [2.45, 2.75) is 19.9 Å². The van der Waals surface area contributed by atoms with Crippen LogP contribution in [-0.4, -0.2) is 17.6 Å². The summed E-state index contributed by atoms with van der Waals surface area (Å²) in [5, 5.41) is 0. The first-order valence-corrected chi connectivity index (χ1v) is 8.57. The molecule has 0 aliphatic carbocycles. The van der Waals surface area contributed by atoms with Crippen molar-refractivity contribution >= 4 is 27.5 Å². The molecule has 0 aliphatic rings. The van der Waals surface area contributed by atoms with Crippen LogP contribution in [0.25, 0.3) is 10.2 Å². The summed E-state index contributed by atoms with van der Waals surface area (Å²) in [5.74, 6) is -2.08. The van der Waals surface area contributed by atoms with E-state index in [1.807, 2.05) is 29.7 Å². The van der Waals surface area contributed by atoms with Crippen LogP contribution in [-0.2, 0) is 6.54 Å². The molecule has 1 heterocycles. The van der Waals surface area contributed by atoms with Gasteiger partial charge in [-0.3, -0.25) is 4.79 Å². The number of fused-ring (bicyclic) bond motifs is 1. The molecular formula is C18H16F2N2O2S. The molecular weight excluding hydrogens is 346 g/mol. The Morgan fingerprint density at radius 3 is 2.60 bits per heavy atom. The molecule has 7 heteroatoms. The van der Waals surface area contributed by atoms with Crippen molar-refractivity contribution in [3.63, 3.8) is 0 Å². The Hall–Kier alpha value is -2.54. The average Bonchev–Trinajstić information content (AvgIpc) is 2.91. The number of carbonyl (C=O) groups excluding carboxylic acids is 1. The molecule has 4 nitrogen and oxygen atoms in total. The van der Waals surface area contributed by atoms with E-state index < -0.39 is 23.1 Å². The highest BCUT2D eigenvalue weighted by Gasteiger charge is 2.17. The maximum absolute atomic E-state index is 13.8. The quantitative estimate of drug-likeness (QED) is 0.700. The number of amides is 1. The second-order valence-corrected chi connectivity index (χ2v) is 6.39. The SMILES string of the molecule is CCCn1c(=NC(=O)c2c(F)cccc2F)sc2ccc(OC)cc21. The third-order valence-electron chi connectivity index (χ3n) is 3.71. The monoisotopic (exact) mass is 362 g/mol. The van der Waals surface area contributed by atoms with Crippen molar-refractivity contribution in [2.24, 2.45) is 4.99 Å². The third kappa shape index (κ3) is 3.32. The van der Waals surface area contributed by atoms with E-state index in [0.717, 1.165) is 28.8 Å². The number of rotatable bonds is 4. The maximum Gasteiger partial charge on any atom is 0.285 e. The van der Waals surface area contributed by atoms with Crippen LogP contribution in [0.4, 0.5) is 8.78 Å². The minimum absolute atomic E-state index is 0.401. The van der Waals surface area contributed by atoms with E-state index >= 15 is 0 Å². The van der Waals surface area contributed by atoms with Crippen LogP contribution >= 0.6 is 11.3 Å². The van der Waals surface area contributed by atoms with Gasteiger partial charge in [0.05, 0.1) is 17.3 Å². The predicted octanol–water partition coefficient (Wildman–Crippen LogP) is 4.14. The van der Waals surface area contributed by atoms with Gasteiger partial charge in [-0.2, -0.15) is 4.99 Å². The number of thiazole rings is 1. The number of ether oxygens (including phenoxy) is 1. The fourth-order valence-corrected chi connectivity index (χ4v) is 3.58. The lowest BCUT2D eigenvalue weighted by Gasteiger charge is -2.04. The predicted molar refractivity (Wildman–Crippen MR) is 92.9 cm³/mol. The highest BCUT2D eigenvalue weighted by Crippen LogP contribution is 2.23. The fourth-order valence-electron chi connectivity index (χ4n) is 2.55. The largest absolute Gasteiger partial charge is 0.497 e.